The molecule has 0 aromatic heterocycles. The monoisotopic (exact) mass is 187 g/mol. The van der Waals surface area contributed by atoms with Crippen molar-refractivity contribution in [1.82, 2.24) is 0 Å². The standard InChI is InChI=1S/C9H9Cl2/c1-2-3-7-4-5-8(10)9(11)6-7/h4-6H,1-3H2. The second-order valence-electron chi connectivity index (χ2n) is 2.35. The maximum absolute atomic E-state index is 5.80. The van der Waals surface area contributed by atoms with Crippen LogP contribution in [-0.4, -0.2) is 0 Å². The highest BCUT2D eigenvalue weighted by molar-refractivity contribution is 6.41. The third kappa shape index (κ3) is 2.39. The molecule has 1 rings (SSSR count). The summed E-state index contributed by atoms with van der Waals surface area (Å²) in [6, 6.07) is 5.67. The molecule has 0 aliphatic rings. The molecular weight excluding hydrogens is 179 g/mol. The first kappa shape index (κ1) is 8.89. The van der Waals surface area contributed by atoms with E-state index in [4.69, 9.17) is 23.2 Å². The van der Waals surface area contributed by atoms with Gasteiger partial charge in [-0.25, -0.2) is 0 Å². The minimum Gasteiger partial charge on any atom is -0.0827 e. The Balaban J connectivity index is 2.86. The molecule has 11 heavy (non-hydrogen) atoms. The molecule has 1 aromatic carbocycles. The summed E-state index contributed by atoms with van der Waals surface area (Å²) in [5.74, 6) is 0. The highest BCUT2D eigenvalue weighted by Gasteiger charge is 1.97. The summed E-state index contributed by atoms with van der Waals surface area (Å²) < 4.78 is 0. The van der Waals surface area contributed by atoms with Gasteiger partial charge in [0.25, 0.3) is 0 Å². The number of aryl methyl sites for hydroxylation is 1. The molecular formula is C9H9Cl2. The minimum absolute atomic E-state index is 0.611. The normalized spacial score (nSPS) is 10.1. The first-order valence-corrected chi connectivity index (χ1v) is 4.23. The zero-order valence-electron chi connectivity index (χ0n) is 6.11. The van der Waals surface area contributed by atoms with Crippen LogP contribution in [0.5, 0.6) is 0 Å². The van der Waals surface area contributed by atoms with E-state index >= 15 is 0 Å². The molecule has 0 saturated carbocycles. The summed E-state index contributed by atoms with van der Waals surface area (Å²) in [6.07, 6.45) is 1.84. The van der Waals surface area contributed by atoms with Gasteiger partial charge in [0.15, 0.2) is 0 Å². The van der Waals surface area contributed by atoms with Gasteiger partial charge in [-0.15, -0.1) is 0 Å². The second kappa shape index (κ2) is 3.99. The van der Waals surface area contributed by atoms with Crippen molar-refractivity contribution < 1.29 is 0 Å². The lowest BCUT2D eigenvalue weighted by atomic mass is 10.1. The minimum atomic E-state index is 0.611. The van der Waals surface area contributed by atoms with Crippen LogP contribution in [0.3, 0.4) is 0 Å². The molecule has 0 aliphatic carbocycles. The van der Waals surface area contributed by atoms with Crippen molar-refractivity contribution in [2.75, 3.05) is 0 Å². The van der Waals surface area contributed by atoms with Crippen molar-refractivity contribution in [1.29, 1.82) is 0 Å². The van der Waals surface area contributed by atoms with E-state index in [1.807, 2.05) is 18.2 Å². The molecule has 0 heterocycles. The molecule has 1 radical (unpaired) electrons. The Bertz CT molecular complexity index is 243. The van der Waals surface area contributed by atoms with Gasteiger partial charge in [0.05, 0.1) is 10.0 Å². The van der Waals surface area contributed by atoms with Crippen molar-refractivity contribution >= 4 is 23.2 Å². The van der Waals surface area contributed by atoms with E-state index < -0.39 is 0 Å². The number of benzene rings is 1. The maximum atomic E-state index is 5.80. The Morgan fingerprint density at radius 1 is 1.18 bits per heavy atom. The fourth-order valence-corrected chi connectivity index (χ4v) is 1.22. The first-order valence-electron chi connectivity index (χ1n) is 3.47. The smallest absolute Gasteiger partial charge is 0.0595 e. The zero-order chi connectivity index (χ0) is 8.27. The average molecular weight is 188 g/mol. The van der Waals surface area contributed by atoms with E-state index in [0.717, 1.165) is 12.8 Å². The summed E-state index contributed by atoms with van der Waals surface area (Å²) in [5, 5.41) is 1.23. The third-order valence-corrected chi connectivity index (χ3v) is 2.19. The fourth-order valence-electron chi connectivity index (χ4n) is 0.899. The van der Waals surface area contributed by atoms with Crippen molar-refractivity contribution in [3.05, 3.63) is 40.7 Å². The quantitative estimate of drug-likeness (QED) is 0.662. The lowest BCUT2D eigenvalue weighted by molar-refractivity contribution is 1.000. The van der Waals surface area contributed by atoms with Crippen molar-refractivity contribution in [3.63, 3.8) is 0 Å². The number of hydrogen-bond acceptors (Lipinski definition) is 0. The van der Waals surface area contributed by atoms with Crippen molar-refractivity contribution in [2.24, 2.45) is 0 Å². The topological polar surface area (TPSA) is 0 Å². The largest absolute Gasteiger partial charge is 0.0827 e. The second-order valence-corrected chi connectivity index (χ2v) is 3.17. The molecule has 1 aromatic rings. The Morgan fingerprint density at radius 3 is 2.45 bits per heavy atom. The maximum Gasteiger partial charge on any atom is 0.0595 e. The van der Waals surface area contributed by atoms with Gasteiger partial charge in [-0.3, -0.25) is 0 Å². The van der Waals surface area contributed by atoms with Gasteiger partial charge >= 0.3 is 0 Å². The predicted octanol–water partition coefficient (Wildman–Crippen LogP) is 3.76. The summed E-state index contributed by atoms with van der Waals surface area (Å²) >= 11 is 11.5. The molecule has 0 atom stereocenters. The first-order chi connectivity index (χ1) is 5.24. The SMILES string of the molecule is [CH2]CCc1ccc(Cl)c(Cl)c1. The number of hydrogen-bond donors (Lipinski definition) is 0. The number of rotatable bonds is 2. The molecule has 0 aliphatic heterocycles. The van der Waals surface area contributed by atoms with Crippen LogP contribution in [0.2, 0.25) is 10.0 Å². The van der Waals surface area contributed by atoms with E-state index in [1.54, 1.807) is 0 Å². The van der Waals surface area contributed by atoms with Crippen LogP contribution < -0.4 is 0 Å². The summed E-state index contributed by atoms with van der Waals surface area (Å²) in [5.41, 5.74) is 1.19. The van der Waals surface area contributed by atoms with Gasteiger partial charge in [-0.1, -0.05) is 36.2 Å². The molecule has 59 valence electrons. The van der Waals surface area contributed by atoms with E-state index in [0.29, 0.717) is 10.0 Å². The fraction of sp³-hybridized carbons (Fsp3) is 0.222. The molecule has 0 saturated heterocycles. The van der Waals surface area contributed by atoms with E-state index in [2.05, 4.69) is 6.92 Å². The van der Waals surface area contributed by atoms with Crippen LogP contribution in [0, 0.1) is 6.92 Å². The zero-order valence-corrected chi connectivity index (χ0v) is 7.62. The highest BCUT2D eigenvalue weighted by atomic mass is 35.5. The van der Waals surface area contributed by atoms with Crippen molar-refractivity contribution in [2.45, 2.75) is 12.8 Å². The van der Waals surface area contributed by atoms with Gasteiger partial charge in [-0.2, -0.15) is 0 Å². The van der Waals surface area contributed by atoms with Crippen LogP contribution in [0.4, 0.5) is 0 Å². The summed E-state index contributed by atoms with van der Waals surface area (Å²) in [4.78, 5) is 0. The van der Waals surface area contributed by atoms with Gasteiger partial charge in [-0.05, 0) is 30.5 Å². The summed E-state index contributed by atoms with van der Waals surface area (Å²) in [6.45, 7) is 3.76. The van der Waals surface area contributed by atoms with E-state index in [9.17, 15) is 0 Å². The predicted molar refractivity (Wildman–Crippen MR) is 50.1 cm³/mol. The van der Waals surface area contributed by atoms with Gasteiger partial charge < -0.3 is 0 Å². The molecule has 0 fully saturated rings. The van der Waals surface area contributed by atoms with Crippen LogP contribution >= 0.6 is 23.2 Å². The van der Waals surface area contributed by atoms with Crippen molar-refractivity contribution in [3.8, 4) is 0 Å². The molecule has 0 amide bonds. The lowest BCUT2D eigenvalue weighted by Crippen LogP contribution is -1.82. The van der Waals surface area contributed by atoms with Gasteiger partial charge in [0.1, 0.15) is 0 Å². The van der Waals surface area contributed by atoms with E-state index in [-0.39, 0.29) is 0 Å². The van der Waals surface area contributed by atoms with Gasteiger partial charge in [0, 0.05) is 0 Å². The van der Waals surface area contributed by atoms with Crippen LogP contribution in [0.25, 0.3) is 0 Å². The average Bonchev–Trinajstić information content (AvgIpc) is 1.98. The summed E-state index contributed by atoms with van der Waals surface area (Å²) in [7, 11) is 0. The Morgan fingerprint density at radius 2 is 1.91 bits per heavy atom. The molecule has 2 heteroatoms. The Kier molecular flexibility index (Phi) is 3.22. The van der Waals surface area contributed by atoms with Gasteiger partial charge in [0.2, 0.25) is 0 Å². The lowest BCUT2D eigenvalue weighted by Gasteiger charge is -1.99. The van der Waals surface area contributed by atoms with Crippen LogP contribution in [-0.2, 0) is 6.42 Å². The Hall–Kier alpha value is -0.200. The molecule has 0 bridgehead atoms. The van der Waals surface area contributed by atoms with Crippen LogP contribution in [0.15, 0.2) is 18.2 Å². The van der Waals surface area contributed by atoms with E-state index in [1.165, 1.54) is 5.56 Å². The molecule has 0 unspecified atom stereocenters. The van der Waals surface area contributed by atoms with Crippen LogP contribution in [0.1, 0.15) is 12.0 Å². The Labute approximate surface area is 77.1 Å². The molecule has 0 nitrogen and oxygen atoms in total. The molecule has 0 spiro atoms. The third-order valence-electron chi connectivity index (χ3n) is 1.45. The number of halogens is 2. The molecule has 0 N–H and O–H groups in total. The highest BCUT2D eigenvalue weighted by Crippen LogP contribution is 2.22.